The van der Waals surface area contributed by atoms with E-state index in [9.17, 15) is 22.0 Å². The molecule has 0 radical (unpaired) electrons. The van der Waals surface area contributed by atoms with Crippen molar-refractivity contribution in [2.45, 2.75) is 31.5 Å². The van der Waals surface area contributed by atoms with Crippen molar-refractivity contribution in [3.8, 4) is 0 Å². The first kappa shape index (κ1) is 13.9. The average molecular weight is 253 g/mol. The second-order valence-corrected chi connectivity index (χ2v) is 3.78. The second kappa shape index (κ2) is 5.44. The zero-order valence-electron chi connectivity index (χ0n) is 8.90. The van der Waals surface area contributed by atoms with Crippen LogP contribution in [-0.4, -0.2) is 6.18 Å². The molecule has 0 spiro atoms. The van der Waals surface area contributed by atoms with Crippen LogP contribution in [0.15, 0.2) is 18.2 Å². The Morgan fingerprint density at radius 1 is 1.18 bits per heavy atom. The molecule has 0 aliphatic rings. The first-order valence-corrected chi connectivity index (χ1v) is 5.07. The molecule has 0 aliphatic carbocycles. The van der Waals surface area contributed by atoms with Gasteiger partial charge in [0.25, 0.3) is 0 Å². The minimum atomic E-state index is -4.25. The first-order valence-electron chi connectivity index (χ1n) is 5.07. The fourth-order valence-electron chi connectivity index (χ4n) is 1.48. The standard InChI is InChI=1S/C11H12F5N/c12-7-3-4-9(13)8(6-7)10(17)2-1-5-11(14,15)16/h3-4,6,10H,1-2,5,17H2. The van der Waals surface area contributed by atoms with Gasteiger partial charge in [-0.05, 0) is 31.0 Å². The molecule has 1 atom stereocenters. The van der Waals surface area contributed by atoms with Gasteiger partial charge in [-0.3, -0.25) is 0 Å². The Labute approximate surface area is 95.4 Å². The topological polar surface area (TPSA) is 26.0 Å². The number of benzene rings is 1. The van der Waals surface area contributed by atoms with E-state index < -0.39 is 30.3 Å². The van der Waals surface area contributed by atoms with Crippen LogP contribution in [0.1, 0.15) is 30.9 Å². The van der Waals surface area contributed by atoms with Gasteiger partial charge in [0.15, 0.2) is 0 Å². The highest BCUT2D eigenvalue weighted by Crippen LogP contribution is 2.26. The number of nitrogens with two attached hydrogens (primary N) is 1. The first-order chi connectivity index (χ1) is 7.79. The molecule has 17 heavy (non-hydrogen) atoms. The van der Waals surface area contributed by atoms with Gasteiger partial charge >= 0.3 is 6.18 Å². The summed E-state index contributed by atoms with van der Waals surface area (Å²) in [6, 6.07) is 1.83. The Kier molecular flexibility index (Phi) is 4.45. The molecule has 2 N–H and O–H groups in total. The van der Waals surface area contributed by atoms with Crippen LogP contribution in [0.5, 0.6) is 0 Å². The normalized spacial score (nSPS) is 13.8. The molecule has 0 heterocycles. The van der Waals surface area contributed by atoms with Crippen molar-refractivity contribution in [2.75, 3.05) is 0 Å². The van der Waals surface area contributed by atoms with Crippen LogP contribution >= 0.6 is 0 Å². The van der Waals surface area contributed by atoms with Crippen LogP contribution in [0.2, 0.25) is 0 Å². The van der Waals surface area contributed by atoms with E-state index in [0.29, 0.717) is 0 Å². The Balaban J connectivity index is 2.58. The summed E-state index contributed by atoms with van der Waals surface area (Å²) in [5, 5.41) is 0. The minimum Gasteiger partial charge on any atom is -0.324 e. The molecule has 0 aromatic heterocycles. The molecule has 1 rings (SSSR count). The Bertz CT molecular complexity index is 375. The molecular weight excluding hydrogens is 241 g/mol. The maximum Gasteiger partial charge on any atom is 0.389 e. The number of hydrogen-bond donors (Lipinski definition) is 1. The van der Waals surface area contributed by atoms with E-state index in [1.807, 2.05) is 0 Å². The number of rotatable bonds is 4. The van der Waals surface area contributed by atoms with Crippen molar-refractivity contribution in [2.24, 2.45) is 5.73 Å². The zero-order valence-corrected chi connectivity index (χ0v) is 8.90. The lowest BCUT2D eigenvalue weighted by Crippen LogP contribution is -2.14. The number of alkyl halides is 3. The van der Waals surface area contributed by atoms with E-state index in [1.54, 1.807) is 0 Å². The second-order valence-electron chi connectivity index (χ2n) is 3.78. The average Bonchev–Trinajstić information content (AvgIpc) is 2.19. The largest absolute Gasteiger partial charge is 0.389 e. The molecule has 6 heteroatoms. The SMILES string of the molecule is NC(CCCC(F)(F)F)c1cc(F)ccc1F. The quantitative estimate of drug-likeness (QED) is 0.813. The number of halogens is 5. The van der Waals surface area contributed by atoms with E-state index in [1.165, 1.54) is 0 Å². The summed E-state index contributed by atoms with van der Waals surface area (Å²) in [4.78, 5) is 0. The molecule has 0 aliphatic heterocycles. The highest BCUT2D eigenvalue weighted by molar-refractivity contribution is 5.21. The summed E-state index contributed by atoms with van der Waals surface area (Å²) < 4.78 is 61.7. The van der Waals surface area contributed by atoms with Gasteiger partial charge in [-0.25, -0.2) is 8.78 Å². The molecule has 0 saturated carbocycles. The molecule has 1 nitrogen and oxygen atoms in total. The van der Waals surface area contributed by atoms with Crippen LogP contribution in [0.4, 0.5) is 22.0 Å². The summed E-state index contributed by atoms with van der Waals surface area (Å²) in [7, 11) is 0. The van der Waals surface area contributed by atoms with Gasteiger partial charge in [0, 0.05) is 18.0 Å². The summed E-state index contributed by atoms with van der Waals surface area (Å²) in [6.45, 7) is 0. The molecule has 96 valence electrons. The maximum absolute atomic E-state index is 13.2. The van der Waals surface area contributed by atoms with Crippen LogP contribution in [0, 0.1) is 11.6 Å². The molecule has 0 saturated heterocycles. The van der Waals surface area contributed by atoms with Crippen molar-refractivity contribution in [3.05, 3.63) is 35.4 Å². The van der Waals surface area contributed by atoms with Crippen LogP contribution in [0.25, 0.3) is 0 Å². The van der Waals surface area contributed by atoms with E-state index in [4.69, 9.17) is 5.73 Å². The highest BCUT2D eigenvalue weighted by atomic mass is 19.4. The predicted octanol–water partition coefficient (Wildman–Crippen LogP) is 3.70. The van der Waals surface area contributed by atoms with Crippen molar-refractivity contribution in [1.82, 2.24) is 0 Å². The summed E-state index contributed by atoms with van der Waals surface area (Å²) in [6.07, 6.45) is -5.47. The van der Waals surface area contributed by atoms with E-state index in [-0.39, 0.29) is 18.4 Å². The molecule has 0 bridgehead atoms. The third-order valence-corrected chi connectivity index (χ3v) is 2.33. The fourth-order valence-corrected chi connectivity index (χ4v) is 1.48. The van der Waals surface area contributed by atoms with Crippen LogP contribution < -0.4 is 5.73 Å². The van der Waals surface area contributed by atoms with Crippen LogP contribution in [0.3, 0.4) is 0 Å². The Morgan fingerprint density at radius 3 is 2.41 bits per heavy atom. The predicted molar refractivity (Wildman–Crippen MR) is 53.2 cm³/mol. The van der Waals surface area contributed by atoms with Gasteiger partial charge in [-0.2, -0.15) is 13.2 Å². The van der Waals surface area contributed by atoms with Gasteiger partial charge in [-0.15, -0.1) is 0 Å². The van der Waals surface area contributed by atoms with Crippen molar-refractivity contribution < 1.29 is 22.0 Å². The van der Waals surface area contributed by atoms with Crippen molar-refractivity contribution in [1.29, 1.82) is 0 Å². The molecule has 0 fully saturated rings. The van der Waals surface area contributed by atoms with Gasteiger partial charge in [0.05, 0.1) is 0 Å². The maximum atomic E-state index is 13.2. The molecule has 1 unspecified atom stereocenters. The molecule has 1 aromatic rings. The Morgan fingerprint density at radius 2 is 1.82 bits per heavy atom. The summed E-state index contributed by atoms with van der Waals surface area (Å²) in [5.74, 6) is -1.36. The van der Waals surface area contributed by atoms with Gasteiger partial charge in [-0.1, -0.05) is 0 Å². The minimum absolute atomic E-state index is 0.0418. The highest BCUT2D eigenvalue weighted by Gasteiger charge is 2.26. The number of hydrogen-bond acceptors (Lipinski definition) is 1. The molecular formula is C11H12F5N. The van der Waals surface area contributed by atoms with Crippen LogP contribution in [-0.2, 0) is 0 Å². The molecule has 1 aromatic carbocycles. The van der Waals surface area contributed by atoms with E-state index >= 15 is 0 Å². The van der Waals surface area contributed by atoms with E-state index in [2.05, 4.69) is 0 Å². The lowest BCUT2D eigenvalue weighted by Gasteiger charge is -2.13. The Hall–Kier alpha value is -1.17. The zero-order chi connectivity index (χ0) is 13.1. The van der Waals surface area contributed by atoms with Gasteiger partial charge in [0.1, 0.15) is 11.6 Å². The summed E-state index contributed by atoms with van der Waals surface area (Å²) in [5.41, 5.74) is 5.43. The van der Waals surface area contributed by atoms with Crippen molar-refractivity contribution >= 4 is 0 Å². The third-order valence-electron chi connectivity index (χ3n) is 2.33. The smallest absolute Gasteiger partial charge is 0.324 e. The third kappa shape index (κ3) is 4.68. The van der Waals surface area contributed by atoms with E-state index in [0.717, 1.165) is 18.2 Å². The monoisotopic (exact) mass is 253 g/mol. The van der Waals surface area contributed by atoms with Crippen molar-refractivity contribution in [3.63, 3.8) is 0 Å². The lowest BCUT2D eigenvalue weighted by atomic mass is 10.0. The fraction of sp³-hybridized carbons (Fsp3) is 0.455. The van der Waals surface area contributed by atoms with Gasteiger partial charge in [0.2, 0.25) is 0 Å². The molecule has 0 amide bonds. The lowest BCUT2D eigenvalue weighted by molar-refractivity contribution is -0.135. The summed E-state index contributed by atoms with van der Waals surface area (Å²) >= 11 is 0. The van der Waals surface area contributed by atoms with Gasteiger partial charge < -0.3 is 5.73 Å².